The number of nitro groups is 1. The minimum absolute atomic E-state index is 0.104. The molecule has 0 N–H and O–H groups in total. The lowest BCUT2D eigenvalue weighted by molar-refractivity contribution is -0.384. The number of carbonyl (C=O) groups excluding carboxylic acids is 1. The van der Waals surface area contributed by atoms with Crippen molar-refractivity contribution in [3.63, 3.8) is 0 Å². The van der Waals surface area contributed by atoms with Crippen LogP contribution in [-0.2, 0) is 4.79 Å². The van der Waals surface area contributed by atoms with E-state index in [9.17, 15) is 14.9 Å². The summed E-state index contributed by atoms with van der Waals surface area (Å²) in [5, 5.41) is 12.0. The molecule has 3 heterocycles. The molecule has 1 saturated heterocycles. The number of aliphatic imine (C=N–C) groups is 1. The Morgan fingerprint density at radius 1 is 0.939 bits per heavy atom. The average Bonchev–Trinajstić information content (AvgIpc) is 3.47. The van der Waals surface area contributed by atoms with Crippen molar-refractivity contribution in [2.75, 3.05) is 31.1 Å². The van der Waals surface area contributed by atoms with Crippen LogP contribution in [0.15, 0.2) is 81.0 Å². The number of nitro benzene ring substituents is 1. The molecule has 2 aliphatic rings. The molecule has 0 bridgehead atoms. The number of para-hydroxylation sites is 2. The predicted octanol–water partition coefficient (Wildman–Crippen LogP) is 4.65. The van der Waals surface area contributed by atoms with E-state index in [1.807, 2.05) is 52.3 Å². The molecule has 1 amide bonds. The lowest BCUT2D eigenvalue weighted by Gasteiger charge is -2.36. The number of anilines is 1. The lowest BCUT2D eigenvalue weighted by atomic mass is 10.2. The Morgan fingerprint density at radius 2 is 1.64 bits per heavy atom. The monoisotopic (exact) mass is 460 g/mol. The molecule has 5 rings (SSSR count). The van der Waals surface area contributed by atoms with Crippen LogP contribution < -0.4 is 4.90 Å². The van der Waals surface area contributed by atoms with Crippen molar-refractivity contribution < 1.29 is 14.1 Å². The number of rotatable bonds is 4. The topological polar surface area (TPSA) is 92.2 Å². The van der Waals surface area contributed by atoms with Crippen molar-refractivity contribution in [2.24, 2.45) is 4.99 Å². The molecule has 0 saturated carbocycles. The Labute approximate surface area is 194 Å². The van der Waals surface area contributed by atoms with E-state index in [4.69, 9.17) is 4.42 Å². The van der Waals surface area contributed by atoms with Gasteiger partial charge in [-0.15, -0.1) is 0 Å². The summed E-state index contributed by atoms with van der Waals surface area (Å²) in [6.07, 6.45) is 1.72. The Balaban J connectivity index is 1.24. The van der Waals surface area contributed by atoms with Crippen LogP contribution in [0.2, 0.25) is 0 Å². The molecule has 0 spiro atoms. The smallest absolute Gasteiger partial charge is 0.292 e. The van der Waals surface area contributed by atoms with Gasteiger partial charge in [0.1, 0.15) is 17.2 Å². The molecule has 8 nitrogen and oxygen atoms in total. The van der Waals surface area contributed by atoms with Crippen molar-refractivity contribution in [3.8, 4) is 11.3 Å². The first-order valence-electron chi connectivity index (χ1n) is 10.5. The van der Waals surface area contributed by atoms with Crippen molar-refractivity contribution in [2.45, 2.75) is 0 Å². The molecular formula is C24H20N4O4S. The Bertz CT molecular complexity index is 1260. The third-order valence-electron chi connectivity index (χ3n) is 5.54. The number of piperazine rings is 1. The molecule has 33 heavy (non-hydrogen) atoms. The van der Waals surface area contributed by atoms with Gasteiger partial charge in [-0.2, -0.15) is 4.99 Å². The van der Waals surface area contributed by atoms with Gasteiger partial charge in [-0.3, -0.25) is 14.9 Å². The molecule has 0 radical (unpaired) electrons. The molecule has 0 unspecified atom stereocenters. The summed E-state index contributed by atoms with van der Waals surface area (Å²) in [6, 6.07) is 20.3. The molecule has 1 fully saturated rings. The van der Waals surface area contributed by atoms with E-state index >= 15 is 0 Å². The first-order chi connectivity index (χ1) is 16.1. The van der Waals surface area contributed by atoms with Gasteiger partial charge in [-0.05, 0) is 30.0 Å². The molecule has 1 aromatic heterocycles. The zero-order chi connectivity index (χ0) is 22.8. The van der Waals surface area contributed by atoms with Crippen LogP contribution in [0.5, 0.6) is 0 Å². The zero-order valence-electron chi connectivity index (χ0n) is 17.6. The molecular weight excluding hydrogens is 440 g/mol. The number of benzene rings is 2. The van der Waals surface area contributed by atoms with Crippen molar-refractivity contribution >= 4 is 40.3 Å². The second kappa shape index (κ2) is 8.95. The van der Waals surface area contributed by atoms with E-state index in [0.29, 0.717) is 47.7 Å². The van der Waals surface area contributed by atoms with Gasteiger partial charge in [-0.1, -0.05) is 42.5 Å². The summed E-state index contributed by atoms with van der Waals surface area (Å²) < 4.78 is 5.89. The van der Waals surface area contributed by atoms with Crippen LogP contribution in [0, 0.1) is 10.1 Å². The molecule has 0 atom stereocenters. The number of nitrogens with zero attached hydrogens (tertiary/aromatic N) is 4. The minimum Gasteiger partial charge on any atom is -0.457 e. The number of furan rings is 1. The van der Waals surface area contributed by atoms with Gasteiger partial charge in [-0.25, -0.2) is 0 Å². The molecule has 3 aromatic rings. The first kappa shape index (κ1) is 21.0. The van der Waals surface area contributed by atoms with Gasteiger partial charge in [0.25, 0.3) is 11.6 Å². The fourth-order valence-corrected chi connectivity index (χ4v) is 4.82. The second-order valence-corrected chi connectivity index (χ2v) is 8.61. The molecule has 166 valence electrons. The van der Waals surface area contributed by atoms with Crippen molar-refractivity contribution in [3.05, 3.63) is 87.5 Å². The Hall–Kier alpha value is -3.85. The van der Waals surface area contributed by atoms with Gasteiger partial charge < -0.3 is 14.2 Å². The van der Waals surface area contributed by atoms with E-state index in [-0.39, 0.29) is 16.5 Å². The highest BCUT2D eigenvalue weighted by Crippen LogP contribution is 2.33. The number of carbonyl (C=O) groups is 1. The molecule has 2 aromatic carbocycles. The lowest BCUT2D eigenvalue weighted by Crippen LogP contribution is -2.48. The third kappa shape index (κ3) is 4.40. The number of thioether (sulfide) groups is 1. The summed E-state index contributed by atoms with van der Waals surface area (Å²) in [7, 11) is 0. The minimum atomic E-state index is -0.355. The van der Waals surface area contributed by atoms with E-state index in [2.05, 4.69) is 4.99 Å². The van der Waals surface area contributed by atoms with Crippen LogP contribution in [0.3, 0.4) is 0 Å². The van der Waals surface area contributed by atoms with Gasteiger partial charge in [0.05, 0.1) is 9.83 Å². The van der Waals surface area contributed by atoms with E-state index in [1.54, 1.807) is 24.3 Å². The summed E-state index contributed by atoms with van der Waals surface area (Å²) in [5.74, 6) is 1.06. The van der Waals surface area contributed by atoms with Gasteiger partial charge in [0, 0.05) is 43.9 Å². The summed E-state index contributed by atoms with van der Waals surface area (Å²) in [5.41, 5.74) is 1.69. The van der Waals surface area contributed by atoms with Crippen molar-refractivity contribution in [1.82, 2.24) is 4.90 Å². The summed E-state index contributed by atoms with van der Waals surface area (Å²) >= 11 is 1.33. The van der Waals surface area contributed by atoms with Crippen LogP contribution in [0.25, 0.3) is 17.4 Å². The average molecular weight is 461 g/mol. The van der Waals surface area contributed by atoms with E-state index in [0.717, 1.165) is 11.3 Å². The molecule has 9 heteroatoms. The maximum Gasteiger partial charge on any atom is 0.292 e. The fraction of sp³-hybridized carbons (Fsp3) is 0.167. The summed E-state index contributed by atoms with van der Waals surface area (Å²) in [4.78, 5) is 32.3. The largest absolute Gasteiger partial charge is 0.457 e. The number of amides is 1. The fourth-order valence-electron chi connectivity index (χ4n) is 3.88. The highest BCUT2D eigenvalue weighted by atomic mass is 32.2. The quantitative estimate of drug-likeness (QED) is 0.318. The highest BCUT2D eigenvalue weighted by molar-refractivity contribution is 8.18. The highest BCUT2D eigenvalue weighted by Gasteiger charge is 2.30. The van der Waals surface area contributed by atoms with Crippen LogP contribution >= 0.6 is 11.8 Å². The van der Waals surface area contributed by atoms with Crippen LogP contribution in [0.1, 0.15) is 5.76 Å². The summed E-state index contributed by atoms with van der Waals surface area (Å²) in [6.45, 7) is 2.46. The predicted molar refractivity (Wildman–Crippen MR) is 129 cm³/mol. The van der Waals surface area contributed by atoms with Crippen LogP contribution in [0.4, 0.5) is 11.4 Å². The molecule has 2 aliphatic heterocycles. The van der Waals surface area contributed by atoms with Gasteiger partial charge in [0.15, 0.2) is 5.17 Å². The maximum absolute atomic E-state index is 12.5. The number of hydrogen-bond donors (Lipinski definition) is 0. The van der Waals surface area contributed by atoms with E-state index < -0.39 is 0 Å². The van der Waals surface area contributed by atoms with Gasteiger partial charge in [0.2, 0.25) is 0 Å². The van der Waals surface area contributed by atoms with Gasteiger partial charge >= 0.3 is 0 Å². The van der Waals surface area contributed by atoms with E-state index in [1.165, 1.54) is 17.8 Å². The molecule has 0 aliphatic carbocycles. The van der Waals surface area contributed by atoms with Crippen molar-refractivity contribution in [1.29, 1.82) is 0 Å². The SMILES string of the molecule is O=C1N=C(N2CCN(c3ccccc3[N+](=O)[O-])CC2)S/C1=C/c1ccc(-c2ccccc2)o1. The number of amidine groups is 1. The number of hydrogen-bond acceptors (Lipinski definition) is 7. The Kier molecular flexibility index (Phi) is 5.70. The first-order valence-corrected chi connectivity index (χ1v) is 11.3. The zero-order valence-corrected chi connectivity index (χ0v) is 18.4. The Morgan fingerprint density at radius 3 is 2.39 bits per heavy atom. The third-order valence-corrected chi connectivity index (χ3v) is 6.58. The normalized spacial score (nSPS) is 17.5. The second-order valence-electron chi connectivity index (χ2n) is 7.60. The van der Waals surface area contributed by atoms with Crippen LogP contribution in [-0.4, -0.2) is 47.1 Å². The standard InChI is InChI=1S/C24H20N4O4S/c29-23-22(16-18-10-11-21(32-18)17-6-2-1-3-7-17)33-24(25-23)27-14-12-26(13-15-27)19-8-4-5-9-20(19)28(30)31/h1-11,16H,12-15H2/b22-16+. The maximum atomic E-state index is 12.5.